The molecule has 1 amide bonds. The van der Waals surface area contributed by atoms with E-state index in [9.17, 15) is 4.79 Å². The predicted molar refractivity (Wildman–Crippen MR) is 75.5 cm³/mol. The summed E-state index contributed by atoms with van der Waals surface area (Å²) in [6.45, 7) is 8.46. The summed E-state index contributed by atoms with van der Waals surface area (Å²) in [5.74, 6) is 1.83. The van der Waals surface area contributed by atoms with Crippen LogP contribution in [0.25, 0.3) is 0 Å². The molecule has 1 N–H and O–H groups in total. The van der Waals surface area contributed by atoms with Crippen LogP contribution in [0, 0.1) is 5.92 Å². The molecule has 0 spiro atoms. The van der Waals surface area contributed by atoms with Gasteiger partial charge >= 0.3 is 6.09 Å². The van der Waals surface area contributed by atoms with Crippen LogP contribution in [0.4, 0.5) is 4.79 Å². The molecule has 0 radical (unpaired) electrons. The van der Waals surface area contributed by atoms with Gasteiger partial charge < -0.3 is 10.1 Å². The Hall–Kier alpha value is -1.26. The summed E-state index contributed by atoms with van der Waals surface area (Å²) in [7, 11) is 0. The second kappa shape index (κ2) is 5.80. The molecular formula is C14H25N3O2. The van der Waals surface area contributed by atoms with Crippen molar-refractivity contribution < 1.29 is 9.53 Å². The number of amidine groups is 1. The summed E-state index contributed by atoms with van der Waals surface area (Å²) < 4.78 is 5.38. The summed E-state index contributed by atoms with van der Waals surface area (Å²) >= 11 is 0. The van der Waals surface area contributed by atoms with Gasteiger partial charge in [-0.1, -0.05) is 12.8 Å². The van der Waals surface area contributed by atoms with Crippen LogP contribution in [0.1, 0.15) is 40.0 Å². The molecule has 2 aliphatic rings. The van der Waals surface area contributed by atoms with Gasteiger partial charge in [0.05, 0.1) is 13.1 Å². The van der Waals surface area contributed by atoms with Crippen LogP contribution in [-0.4, -0.2) is 48.6 Å². The summed E-state index contributed by atoms with van der Waals surface area (Å²) in [6.07, 6.45) is 3.71. The highest BCUT2D eigenvalue weighted by Crippen LogP contribution is 2.31. The van der Waals surface area contributed by atoms with Crippen LogP contribution < -0.4 is 5.32 Å². The first-order valence-corrected chi connectivity index (χ1v) is 7.19. The lowest BCUT2D eigenvalue weighted by Crippen LogP contribution is -2.47. The molecule has 0 bridgehead atoms. The van der Waals surface area contributed by atoms with Gasteiger partial charge in [0.1, 0.15) is 11.4 Å². The fourth-order valence-corrected chi connectivity index (χ4v) is 2.04. The number of nitrogens with zero attached hydrogens (tertiary/aromatic N) is 2. The van der Waals surface area contributed by atoms with Crippen molar-refractivity contribution in [2.24, 2.45) is 10.9 Å². The normalized spacial score (nSPS) is 19.9. The second-order valence-corrected chi connectivity index (χ2v) is 6.39. The zero-order chi connectivity index (χ0) is 13.9. The molecule has 0 unspecified atom stereocenters. The lowest BCUT2D eigenvalue weighted by Gasteiger charge is -2.29. The van der Waals surface area contributed by atoms with Gasteiger partial charge in [-0.25, -0.2) is 4.79 Å². The van der Waals surface area contributed by atoms with Gasteiger partial charge in [0, 0.05) is 13.1 Å². The number of hydrogen-bond acceptors (Lipinski definition) is 4. The van der Waals surface area contributed by atoms with Crippen molar-refractivity contribution in [3.05, 3.63) is 0 Å². The van der Waals surface area contributed by atoms with E-state index < -0.39 is 5.60 Å². The Morgan fingerprint density at radius 2 is 2.21 bits per heavy atom. The SMILES string of the molecule is CC(C)(C)OC(=O)N1CCN=C(NCCC2CC2)C1. The van der Waals surface area contributed by atoms with Crippen molar-refractivity contribution in [3.8, 4) is 0 Å². The molecule has 2 rings (SSSR count). The van der Waals surface area contributed by atoms with E-state index in [-0.39, 0.29) is 6.09 Å². The minimum Gasteiger partial charge on any atom is -0.444 e. The van der Waals surface area contributed by atoms with E-state index in [1.807, 2.05) is 20.8 Å². The van der Waals surface area contributed by atoms with E-state index in [0.29, 0.717) is 19.6 Å². The van der Waals surface area contributed by atoms with Crippen molar-refractivity contribution >= 4 is 11.9 Å². The summed E-state index contributed by atoms with van der Waals surface area (Å²) in [4.78, 5) is 18.1. The van der Waals surface area contributed by atoms with Gasteiger partial charge in [-0.05, 0) is 33.1 Å². The number of rotatable bonds is 3. The highest BCUT2D eigenvalue weighted by atomic mass is 16.6. The summed E-state index contributed by atoms with van der Waals surface area (Å²) in [6, 6.07) is 0. The fraction of sp³-hybridized carbons (Fsp3) is 0.857. The number of amides is 1. The lowest BCUT2D eigenvalue weighted by atomic mass is 10.2. The van der Waals surface area contributed by atoms with Crippen molar-refractivity contribution in [1.29, 1.82) is 0 Å². The molecule has 5 heteroatoms. The first-order chi connectivity index (χ1) is 8.94. The van der Waals surface area contributed by atoms with Crippen molar-refractivity contribution in [2.45, 2.75) is 45.6 Å². The standard InChI is InChI=1S/C14H25N3O2/c1-14(2,3)19-13(18)17-9-8-16-12(10-17)15-7-6-11-4-5-11/h11H,4-10H2,1-3H3,(H,15,16). The summed E-state index contributed by atoms with van der Waals surface area (Å²) in [5.41, 5.74) is -0.439. The molecule has 1 heterocycles. The number of carbonyl (C=O) groups excluding carboxylic acids is 1. The monoisotopic (exact) mass is 267 g/mol. The third-order valence-corrected chi connectivity index (χ3v) is 3.24. The maximum atomic E-state index is 12.0. The Balaban J connectivity index is 1.74. The third-order valence-electron chi connectivity index (χ3n) is 3.24. The maximum Gasteiger partial charge on any atom is 0.410 e. The minimum absolute atomic E-state index is 0.246. The third kappa shape index (κ3) is 5.09. The molecule has 1 saturated carbocycles. The molecular weight excluding hydrogens is 242 g/mol. The predicted octanol–water partition coefficient (Wildman–Crippen LogP) is 2.03. The molecule has 0 aromatic carbocycles. The van der Waals surface area contributed by atoms with Gasteiger partial charge in [0.25, 0.3) is 0 Å². The number of hydrogen-bond donors (Lipinski definition) is 1. The Bertz CT molecular complexity index is 356. The highest BCUT2D eigenvalue weighted by molar-refractivity contribution is 5.87. The molecule has 5 nitrogen and oxygen atoms in total. The molecule has 1 fully saturated rings. The average molecular weight is 267 g/mol. The molecule has 0 aromatic rings. The van der Waals surface area contributed by atoms with E-state index in [1.165, 1.54) is 19.3 Å². The van der Waals surface area contributed by atoms with Crippen LogP contribution in [0.3, 0.4) is 0 Å². The zero-order valence-electron chi connectivity index (χ0n) is 12.2. The quantitative estimate of drug-likeness (QED) is 0.851. The van der Waals surface area contributed by atoms with E-state index in [4.69, 9.17) is 4.74 Å². The van der Waals surface area contributed by atoms with Crippen molar-refractivity contribution in [2.75, 3.05) is 26.2 Å². The fourth-order valence-electron chi connectivity index (χ4n) is 2.04. The van der Waals surface area contributed by atoms with Gasteiger partial charge in [-0.3, -0.25) is 9.89 Å². The average Bonchev–Trinajstić information content (AvgIpc) is 3.11. The second-order valence-electron chi connectivity index (χ2n) is 6.39. The first kappa shape index (κ1) is 14.2. The van der Waals surface area contributed by atoms with Gasteiger partial charge in [0.2, 0.25) is 0 Å². The van der Waals surface area contributed by atoms with E-state index in [0.717, 1.165) is 18.3 Å². The number of carbonyl (C=O) groups is 1. The number of nitrogens with one attached hydrogen (secondary N) is 1. The molecule has 0 atom stereocenters. The van der Waals surface area contributed by atoms with Gasteiger partial charge in [0.15, 0.2) is 0 Å². The molecule has 1 aliphatic heterocycles. The Kier molecular flexibility index (Phi) is 4.32. The lowest BCUT2D eigenvalue weighted by molar-refractivity contribution is 0.0276. The van der Waals surface area contributed by atoms with Crippen LogP contribution in [0.15, 0.2) is 4.99 Å². The summed E-state index contributed by atoms with van der Waals surface area (Å²) in [5, 5.41) is 3.34. The van der Waals surface area contributed by atoms with Crippen LogP contribution >= 0.6 is 0 Å². The van der Waals surface area contributed by atoms with Gasteiger partial charge in [-0.15, -0.1) is 0 Å². The van der Waals surface area contributed by atoms with E-state index >= 15 is 0 Å². The Labute approximate surface area is 115 Å². The van der Waals surface area contributed by atoms with Crippen molar-refractivity contribution in [1.82, 2.24) is 10.2 Å². The maximum absolute atomic E-state index is 12.0. The highest BCUT2D eigenvalue weighted by Gasteiger charge is 2.25. The topological polar surface area (TPSA) is 53.9 Å². The van der Waals surface area contributed by atoms with Crippen LogP contribution in [0.5, 0.6) is 0 Å². The zero-order valence-corrected chi connectivity index (χ0v) is 12.2. The number of aliphatic imine (C=N–C) groups is 1. The Morgan fingerprint density at radius 3 is 2.84 bits per heavy atom. The molecule has 1 aliphatic carbocycles. The number of ether oxygens (including phenoxy) is 1. The van der Waals surface area contributed by atoms with Crippen LogP contribution in [-0.2, 0) is 4.74 Å². The molecule has 0 aromatic heterocycles. The molecule has 108 valence electrons. The minimum atomic E-state index is -0.439. The first-order valence-electron chi connectivity index (χ1n) is 7.19. The largest absolute Gasteiger partial charge is 0.444 e. The van der Waals surface area contributed by atoms with Crippen molar-refractivity contribution in [3.63, 3.8) is 0 Å². The van der Waals surface area contributed by atoms with E-state index in [2.05, 4.69) is 10.3 Å². The van der Waals surface area contributed by atoms with Gasteiger partial charge in [-0.2, -0.15) is 0 Å². The molecule has 0 saturated heterocycles. The smallest absolute Gasteiger partial charge is 0.410 e. The van der Waals surface area contributed by atoms with Crippen LogP contribution in [0.2, 0.25) is 0 Å². The van der Waals surface area contributed by atoms with E-state index in [1.54, 1.807) is 4.90 Å². The molecule has 19 heavy (non-hydrogen) atoms. The Morgan fingerprint density at radius 1 is 1.47 bits per heavy atom.